The molecule has 1 fully saturated rings. The van der Waals surface area contributed by atoms with Crippen LogP contribution in [-0.2, 0) is 28.8 Å². The van der Waals surface area contributed by atoms with Crippen LogP contribution in [0.1, 0.15) is 67.7 Å². The topological polar surface area (TPSA) is 90.0 Å². The second kappa shape index (κ2) is 6.53. The van der Waals surface area contributed by atoms with Crippen molar-refractivity contribution in [3.63, 3.8) is 0 Å². The van der Waals surface area contributed by atoms with Gasteiger partial charge in [0.2, 0.25) is 0 Å². The van der Waals surface area contributed by atoms with Crippen molar-refractivity contribution in [3.05, 3.63) is 0 Å². The van der Waals surface area contributed by atoms with Crippen molar-refractivity contribution < 1.29 is 28.8 Å². The van der Waals surface area contributed by atoms with Crippen LogP contribution in [0.3, 0.4) is 0 Å². The van der Waals surface area contributed by atoms with E-state index in [0.29, 0.717) is 5.06 Å². The Morgan fingerprint density at radius 2 is 1.29 bits per heavy atom. The molecule has 0 saturated carbocycles. The summed E-state index contributed by atoms with van der Waals surface area (Å²) >= 11 is 0. The molecular formula is C17H27NO6. The second-order valence-electron chi connectivity index (χ2n) is 8.41. The van der Waals surface area contributed by atoms with Crippen molar-refractivity contribution in [1.29, 1.82) is 0 Å². The highest BCUT2D eigenvalue weighted by molar-refractivity contribution is 6.01. The average Bonchev–Trinajstić information content (AvgIpc) is 2.67. The average molecular weight is 341 g/mol. The van der Waals surface area contributed by atoms with Gasteiger partial charge in [0.1, 0.15) is 5.60 Å². The monoisotopic (exact) mass is 341 g/mol. The lowest BCUT2D eigenvalue weighted by molar-refractivity contribution is -0.205. The Bertz CT molecular complexity index is 540. The van der Waals surface area contributed by atoms with Crippen molar-refractivity contribution in [2.45, 2.75) is 73.3 Å². The van der Waals surface area contributed by atoms with Crippen molar-refractivity contribution in [2.24, 2.45) is 10.8 Å². The third-order valence-corrected chi connectivity index (χ3v) is 3.57. The standard InChI is InChI=1S/C17H27NO6/c1-15(2,3)23-13(21)16(4,5)10-17(6,7)14(22)24-18-11(19)8-9-12(18)20/h8-10H2,1-7H3. The molecule has 0 radical (unpaired) electrons. The quantitative estimate of drug-likeness (QED) is 0.563. The molecule has 2 amide bonds. The fourth-order valence-corrected chi connectivity index (χ4v) is 2.53. The van der Waals surface area contributed by atoms with Gasteiger partial charge in [-0.15, -0.1) is 5.06 Å². The Kier molecular flexibility index (Phi) is 5.48. The van der Waals surface area contributed by atoms with E-state index >= 15 is 0 Å². The zero-order chi connectivity index (χ0) is 18.9. The first kappa shape index (κ1) is 20.1. The van der Waals surface area contributed by atoms with Crippen molar-refractivity contribution >= 4 is 23.8 Å². The molecule has 1 aliphatic heterocycles. The van der Waals surface area contributed by atoms with Crippen molar-refractivity contribution in [2.75, 3.05) is 0 Å². The molecule has 24 heavy (non-hydrogen) atoms. The van der Waals surface area contributed by atoms with E-state index in [1.54, 1.807) is 48.5 Å². The number of carbonyl (C=O) groups is 4. The first-order valence-corrected chi connectivity index (χ1v) is 7.97. The Labute approximate surface area is 142 Å². The summed E-state index contributed by atoms with van der Waals surface area (Å²) in [5.41, 5.74) is -2.65. The van der Waals surface area contributed by atoms with Crippen LogP contribution in [0.4, 0.5) is 0 Å². The van der Waals surface area contributed by atoms with Gasteiger partial charge in [-0.2, -0.15) is 0 Å². The number of carbonyl (C=O) groups excluding carboxylic acids is 4. The molecular weight excluding hydrogens is 314 g/mol. The Morgan fingerprint density at radius 1 is 0.875 bits per heavy atom. The zero-order valence-corrected chi connectivity index (χ0v) is 15.5. The van der Waals surface area contributed by atoms with E-state index in [1.807, 2.05) is 0 Å². The van der Waals surface area contributed by atoms with Gasteiger partial charge in [-0.1, -0.05) is 0 Å². The van der Waals surface area contributed by atoms with Gasteiger partial charge in [0.05, 0.1) is 10.8 Å². The third kappa shape index (κ3) is 5.04. The predicted octanol–water partition coefficient (Wildman–Crippen LogP) is 2.38. The van der Waals surface area contributed by atoms with Gasteiger partial charge in [0.25, 0.3) is 11.8 Å². The van der Waals surface area contributed by atoms with E-state index in [4.69, 9.17) is 9.57 Å². The van der Waals surface area contributed by atoms with Crippen LogP contribution in [0, 0.1) is 10.8 Å². The number of amides is 2. The smallest absolute Gasteiger partial charge is 0.338 e. The maximum absolute atomic E-state index is 12.4. The molecule has 136 valence electrons. The van der Waals surface area contributed by atoms with Crippen molar-refractivity contribution in [3.8, 4) is 0 Å². The Balaban J connectivity index is 2.79. The summed E-state index contributed by atoms with van der Waals surface area (Å²) in [6, 6.07) is 0. The van der Waals surface area contributed by atoms with Gasteiger partial charge in [-0.3, -0.25) is 14.4 Å². The summed E-state index contributed by atoms with van der Waals surface area (Å²) in [7, 11) is 0. The van der Waals surface area contributed by atoms with Gasteiger partial charge in [-0.05, 0) is 54.9 Å². The largest absolute Gasteiger partial charge is 0.460 e. The molecule has 1 saturated heterocycles. The van der Waals surface area contributed by atoms with Gasteiger partial charge < -0.3 is 9.57 Å². The lowest BCUT2D eigenvalue weighted by Crippen LogP contribution is -2.42. The minimum absolute atomic E-state index is 0.0376. The van der Waals surface area contributed by atoms with E-state index in [1.165, 1.54) is 0 Å². The maximum Gasteiger partial charge on any atom is 0.338 e. The van der Waals surface area contributed by atoms with E-state index in [2.05, 4.69) is 0 Å². The summed E-state index contributed by atoms with van der Waals surface area (Å²) in [4.78, 5) is 52.8. The summed E-state index contributed by atoms with van der Waals surface area (Å²) in [5, 5.41) is 0.518. The molecule has 0 aromatic rings. The Hall–Kier alpha value is -1.92. The minimum Gasteiger partial charge on any atom is -0.460 e. The van der Waals surface area contributed by atoms with Crippen LogP contribution in [0.15, 0.2) is 0 Å². The van der Waals surface area contributed by atoms with E-state index < -0.39 is 40.2 Å². The number of rotatable bonds is 5. The van der Waals surface area contributed by atoms with Gasteiger partial charge in [0, 0.05) is 12.8 Å². The second-order valence-corrected chi connectivity index (χ2v) is 8.41. The maximum atomic E-state index is 12.4. The number of ether oxygens (including phenoxy) is 1. The molecule has 0 bridgehead atoms. The highest BCUT2D eigenvalue weighted by atomic mass is 16.7. The van der Waals surface area contributed by atoms with Crippen LogP contribution >= 0.6 is 0 Å². The number of imide groups is 1. The molecule has 0 atom stereocenters. The number of esters is 1. The predicted molar refractivity (Wildman–Crippen MR) is 85.2 cm³/mol. The highest BCUT2D eigenvalue weighted by Gasteiger charge is 2.44. The van der Waals surface area contributed by atoms with Crippen molar-refractivity contribution in [1.82, 2.24) is 5.06 Å². The fraction of sp³-hybridized carbons (Fsp3) is 0.765. The lowest BCUT2D eigenvalue weighted by atomic mass is 9.75. The van der Waals surface area contributed by atoms with Crippen LogP contribution in [0.2, 0.25) is 0 Å². The molecule has 0 spiro atoms. The molecule has 7 heteroatoms. The summed E-state index contributed by atoms with van der Waals surface area (Å²) in [6.07, 6.45) is 0.218. The zero-order valence-electron chi connectivity index (χ0n) is 15.5. The summed E-state index contributed by atoms with van der Waals surface area (Å²) in [5.74, 6) is -2.22. The van der Waals surface area contributed by atoms with Crippen LogP contribution in [-0.4, -0.2) is 34.4 Å². The van der Waals surface area contributed by atoms with E-state index in [0.717, 1.165) is 0 Å². The number of hydrogen-bond acceptors (Lipinski definition) is 6. The third-order valence-electron chi connectivity index (χ3n) is 3.57. The number of hydrogen-bond donors (Lipinski definition) is 0. The molecule has 0 aromatic heterocycles. The van der Waals surface area contributed by atoms with Gasteiger partial charge in [-0.25, -0.2) is 4.79 Å². The first-order valence-electron chi connectivity index (χ1n) is 7.97. The first-order chi connectivity index (χ1) is 10.7. The Morgan fingerprint density at radius 3 is 1.71 bits per heavy atom. The molecule has 0 aromatic carbocycles. The molecule has 1 heterocycles. The van der Waals surface area contributed by atoms with Crippen LogP contribution in [0.25, 0.3) is 0 Å². The van der Waals surface area contributed by atoms with Crippen LogP contribution < -0.4 is 0 Å². The summed E-state index contributed by atoms with van der Waals surface area (Å²) < 4.78 is 5.39. The molecule has 0 N–H and O–H groups in total. The summed E-state index contributed by atoms with van der Waals surface area (Å²) in [6.45, 7) is 11.9. The minimum atomic E-state index is -1.08. The SMILES string of the molecule is CC(C)(C)OC(=O)C(C)(C)CC(C)(C)C(=O)ON1C(=O)CCC1=O. The van der Waals surface area contributed by atoms with E-state index in [-0.39, 0.29) is 19.3 Å². The fourth-order valence-electron chi connectivity index (χ4n) is 2.53. The number of nitrogens with zero attached hydrogens (tertiary/aromatic N) is 1. The normalized spacial score (nSPS) is 16.4. The molecule has 0 aliphatic carbocycles. The molecule has 7 nitrogen and oxygen atoms in total. The highest BCUT2D eigenvalue weighted by Crippen LogP contribution is 2.37. The number of hydroxylamine groups is 2. The molecule has 0 unspecified atom stereocenters. The van der Waals surface area contributed by atoms with Gasteiger partial charge >= 0.3 is 11.9 Å². The lowest BCUT2D eigenvalue weighted by Gasteiger charge is -2.34. The molecule has 1 rings (SSSR count). The van der Waals surface area contributed by atoms with Gasteiger partial charge in [0.15, 0.2) is 0 Å². The van der Waals surface area contributed by atoms with E-state index in [9.17, 15) is 19.2 Å². The van der Waals surface area contributed by atoms with Crippen LogP contribution in [0.5, 0.6) is 0 Å². The molecule has 1 aliphatic rings.